The second-order valence-electron chi connectivity index (χ2n) is 5.81. The second-order valence-corrected chi connectivity index (χ2v) is 5.81. The van der Waals surface area contributed by atoms with Gasteiger partial charge in [-0.2, -0.15) is 0 Å². The first-order valence-corrected chi connectivity index (χ1v) is 7.59. The maximum Gasteiger partial charge on any atom is 0.276 e. The molecule has 2 aromatic rings. The number of hydrogen-bond donors (Lipinski definition) is 1. The second kappa shape index (κ2) is 6.32. The van der Waals surface area contributed by atoms with Gasteiger partial charge in [-0.25, -0.2) is 4.98 Å². The predicted octanol–water partition coefficient (Wildman–Crippen LogP) is 2.49. The van der Waals surface area contributed by atoms with Gasteiger partial charge in [0, 0.05) is 25.3 Å². The molecule has 1 aromatic carbocycles. The monoisotopic (exact) mass is 300 g/mol. The summed E-state index contributed by atoms with van der Waals surface area (Å²) >= 11 is 0. The quantitative estimate of drug-likeness (QED) is 0.945. The van der Waals surface area contributed by atoms with Crippen molar-refractivity contribution in [3.8, 4) is 11.3 Å². The first-order valence-electron chi connectivity index (χ1n) is 7.59. The van der Waals surface area contributed by atoms with E-state index in [9.17, 15) is 9.90 Å². The SMILES string of the molecule is Cc1ccc(-c2ocnc2C(=O)N2CCC(CO)CC2)cc1. The molecule has 22 heavy (non-hydrogen) atoms. The largest absolute Gasteiger partial charge is 0.443 e. The van der Waals surface area contributed by atoms with E-state index in [-0.39, 0.29) is 12.5 Å². The van der Waals surface area contributed by atoms with Gasteiger partial charge in [-0.05, 0) is 25.7 Å². The summed E-state index contributed by atoms with van der Waals surface area (Å²) in [6.45, 7) is 3.52. The molecule has 0 atom stereocenters. The van der Waals surface area contributed by atoms with E-state index in [1.54, 1.807) is 4.90 Å². The Balaban J connectivity index is 1.80. The van der Waals surface area contributed by atoms with Crippen molar-refractivity contribution in [2.45, 2.75) is 19.8 Å². The minimum absolute atomic E-state index is 0.0966. The Morgan fingerprint density at radius 2 is 2.00 bits per heavy atom. The number of nitrogens with zero attached hydrogens (tertiary/aromatic N) is 2. The molecule has 0 aliphatic carbocycles. The molecular formula is C17H20N2O3. The number of piperidine rings is 1. The van der Waals surface area contributed by atoms with E-state index in [2.05, 4.69) is 4.98 Å². The van der Waals surface area contributed by atoms with E-state index in [1.807, 2.05) is 31.2 Å². The molecule has 1 aromatic heterocycles. The number of carbonyl (C=O) groups excluding carboxylic acids is 1. The number of amides is 1. The molecule has 1 aliphatic heterocycles. The van der Waals surface area contributed by atoms with Crippen LogP contribution in [-0.2, 0) is 0 Å². The first-order chi connectivity index (χ1) is 10.7. The number of aliphatic hydroxyl groups is 1. The average Bonchev–Trinajstić information content (AvgIpc) is 3.04. The van der Waals surface area contributed by atoms with Gasteiger partial charge in [-0.3, -0.25) is 4.79 Å². The minimum atomic E-state index is -0.0966. The predicted molar refractivity (Wildman–Crippen MR) is 82.4 cm³/mol. The van der Waals surface area contributed by atoms with Crippen molar-refractivity contribution in [1.29, 1.82) is 0 Å². The van der Waals surface area contributed by atoms with Crippen molar-refractivity contribution in [3.63, 3.8) is 0 Å². The van der Waals surface area contributed by atoms with Gasteiger partial charge >= 0.3 is 0 Å². The number of aliphatic hydroxyl groups excluding tert-OH is 1. The molecule has 2 heterocycles. The molecule has 1 fully saturated rings. The summed E-state index contributed by atoms with van der Waals surface area (Å²) in [6.07, 6.45) is 2.99. The minimum Gasteiger partial charge on any atom is -0.443 e. The van der Waals surface area contributed by atoms with Gasteiger partial charge in [-0.15, -0.1) is 0 Å². The number of benzene rings is 1. The lowest BCUT2D eigenvalue weighted by Gasteiger charge is -2.30. The topological polar surface area (TPSA) is 66.6 Å². The Kier molecular flexibility index (Phi) is 4.24. The fourth-order valence-electron chi connectivity index (χ4n) is 2.78. The smallest absolute Gasteiger partial charge is 0.276 e. The molecule has 1 saturated heterocycles. The van der Waals surface area contributed by atoms with Crippen LogP contribution in [0.3, 0.4) is 0 Å². The number of aromatic nitrogens is 1. The third-order valence-corrected chi connectivity index (χ3v) is 4.24. The average molecular weight is 300 g/mol. The summed E-state index contributed by atoms with van der Waals surface area (Å²) in [4.78, 5) is 18.6. The molecule has 5 heteroatoms. The Hall–Kier alpha value is -2.14. The highest BCUT2D eigenvalue weighted by Gasteiger charge is 2.27. The van der Waals surface area contributed by atoms with Crippen LogP contribution in [0.5, 0.6) is 0 Å². The summed E-state index contributed by atoms with van der Waals surface area (Å²) in [5.74, 6) is 0.730. The number of carbonyl (C=O) groups is 1. The fourth-order valence-corrected chi connectivity index (χ4v) is 2.78. The van der Waals surface area contributed by atoms with Crippen molar-refractivity contribution < 1.29 is 14.3 Å². The molecule has 5 nitrogen and oxygen atoms in total. The zero-order valence-corrected chi connectivity index (χ0v) is 12.7. The standard InChI is InChI=1S/C17H20N2O3/c1-12-2-4-14(5-3-12)16-15(18-11-22-16)17(21)19-8-6-13(10-20)7-9-19/h2-5,11,13,20H,6-10H2,1H3. The van der Waals surface area contributed by atoms with Crippen LogP contribution < -0.4 is 0 Å². The van der Waals surface area contributed by atoms with Crippen molar-refractivity contribution in [2.75, 3.05) is 19.7 Å². The van der Waals surface area contributed by atoms with Crippen molar-refractivity contribution in [3.05, 3.63) is 41.9 Å². The number of hydrogen-bond acceptors (Lipinski definition) is 4. The molecule has 0 bridgehead atoms. The molecule has 116 valence electrons. The van der Waals surface area contributed by atoms with Crippen LogP contribution in [0.4, 0.5) is 0 Å². The lowest BCUT2D eigenvalue weighted by atomic mass is 9.97. The van der Waals surface area contributed by atoms with Crippen molar-refractivity contribution in [1.82, 2.24) is 9.88 Å². The van der Waals surface area contributed by atoms with Gasteiger partial charge in [0.1, 0.15) is 0 Å². The van der Waals surface area contributed by atoms with Gasteiger partial charge in [0.15, 0.2) is 17.8 Å². The van der Waals surface area contributed by atoms with E-state index in [0.29, 0.717) is 30.5 Å². The highest BCUT2D eigenvalue weighted by atomic mass is 16.3. The lowest BCUT2D eigenvalue weighted by Crippen LogP contribution is -2.39. The first kappa shape index (κ1) is 14.8. The van der Waals surface area contributed by atoms with E-state index >= 15 is 0 Å². The summed E-state index contributed by atoms with van der Waals surface area (Å²) in [6, 6.07) is 7.84. The summed E-state index contributed by atoms with van der Waals surface area (Å²) in [7, 11) is 0. The maximum atomic E-state index is 12.7. The lowest BCUT2D eigenvalue weighted by molar-refractivity contribution is 0.0646. The van der Waals surface area contributed by atoms with E-state index < -0.39 is 0 Å². The third kappa shape index (κ3) is 2.90. The molecule has 0 spiro atoms. The normalized spacial score (nSPS) is 16.0. The Morgan fingerprint density at radius 1 is 1.32 bits per heavy atom. The number of rotatable bonds is 3. The van der Waals surface area contributed by atoms with Crippen LogP contribution in [0.2, 0.25) is 0 Å². The maximum absolute atomic E-state index is 12.7. The molecule has 1 aliphatic rings. The van der Waals surface area contributed by atoms with Crippen LogP contribution in [-0.4, -0.2) is 40.6 Å². The number of likely N-dealkylation sites (tertiary alicyclic amines) is 1. The zero-order valence-electron chi connectivity index (χ0n) is 12.7. The highest BCUT2D eigenvalue weighted by Crippen LogP contribution is 2.26. The third-order valence-electron chi connectivity index (χ3n) is 4.24. The van der Waals surface area contributed by atoms with Crippen LogP contribution in [0, 0.1) is 12.8 Å². The fraction of sp³-hybridized carbons (Fsp3) is 0.412. The Labute approximate surface area is 129 Å². The molecule has 3 rings (SSSR count). The summed E-state index contributed by atoms with van der Waals surface area (Å²) in [5, 5.41) is 9.18. The molecular weight excluding hydrogens is 280 g/mol. The van der Waals surface area contributed by atoms with E-state index in [1.165, 1.54) is 6.39 Å². The number of aryl methyl sites for hydroxylation is 1. The van der Waals surface area contributed by atoms with Crippen LogP contribution >= 0.6 is 0 Å². The van der Waals surface area contributed by atoms with E-state index in [4.69, 9.17) is 4.42 Å². The molecule has 1 amide bonds. The van der Waals surface area contributed by atoms with Crippen molar-refractivity contribution in [2.24, 2.45) is 5.92 Å². The zero-order chi connectivity index (χ0) is 15.5. The Bertz CT molecular complexity index is 640. The van der Waals surface area contributed by atoms with Crippen LogP contribution in [0.1, 0.15) is 28.9 Å². The van der Waals surface area contributed by atoms with Crippen LogP contribution in [0.15, 0.2) is 35.1 Å². The van der Waals surface area contributed by atoms with E-state index in [0.717, 1.165) is 24.0 Å². The van der Waals surface area contributed by atoms with Gasteiger partial charge < -0.3 is 14.4 Å². The number of oxazole rings is 1. The summed E-state index contributed by atoms with van der Waals surface area (Å²) in [5.41, 5.74) is 2.38. The highest BCUT2D eigenvalue weighted by molar-refractivity contribution is 5.97. The van der Waals surface area contributed by atoms with Crippen molar-refractivity contribution >= 4 is 5.91 Å². The van der Waals surface area contributed by atoms with Gasteiger partial charge in [0.2, 0.25) is 0 Å². The molecule has 1 N–H and O–H groups in total. The van der Waals surface area contributed by atoms with Gasteiger partial charge in [0.05, 0.1) is 0 Å². The van der Waals surface area contributed by atoms with Gasteiger partial charge in [0.25, 0.3) is 5.91 Å². The van der Waals surface area contributed by atoms with Gasteiger partial charge in [-0.1, -0.05) is 29.8 Å². The molecule has 0 saturated carbocycles. The summed E-state index contributed by atoms with van der Waals surface area (Å²) < 4.78 is 5.45. The molecule has 0 unspecified atom stereocenters. The van der Waals surface area contributed by atoms with Crippen LogP contribution in [0.25, 0.3) is 11.3 Å². The Morgan fingerprint density at radius 3 is 2.64 bits per heavy atom. The molecule has 0 radical (unpaired) electrons.